The highest BCUT2D eigenvalue weighted by molar-refractivity contribution is 5.98. The number of H-pyrrole nitrogens is 4. The lowest BCUT2D eigenvalue weighted by Crippen LogP contribution is -2.16. The number of fused-ring (bicyclic) bond motifs is 10. The number of carbonyl (C=O) groups is 4. The SMILES string of the molecule is COC(=O)C#CC(=O)OC.COC(=O)c1cc(=O)[nH]c2nc3ccccc3n12.Nc1nc2ccccc2[nH]1.O=C(O)c1cc(=O)[nH]c2nc3ccccc3n12.O=c1ccn2c(nc3ccccc32)[nH]1. The number of imidazole rings is 4. The van der Waals surface area contributed by atoms with E-state index in [0.29, 0.717) is 34.1 Å². The molecule has 0 atom stereocenters. The van der Waals surface area contributed by atoms with Gasteiger partial charge >= 0.3 is 23.9 Å². The Hall–Kier alpha value is -10.4. The standard InChI is InChI=1S/C12H9N3O3.C11H7N3O3.C10H7N3O.C7H7N3.C6H6O4/c1-18-11(17)9-6-10(16)14-12-13-7-4-2-3-5-8(7)15(9)12;15-9-5-8(10(16)17)14-7-4-2-1-3-6(7)12-11(14)13-9;14-9-5-6-13-8-4-2-1-3-7(8)11-10(13)12-9;8-7-9-5-3-1-2-4-6(5)10-7;1-9-5(7)3-4-6(8)10-2/h2-6H,1H3,(H,13,14,16);1-5H,(H,16,17)(H,12,13,15);1-6H,(H,11,12,14);1-4H,(H3,8,9,10);1-2H3. The van der Waals surface area contributed by atoms with Crippen LogP contribution in [0.2, 0.25) is 0 Å². The van der Waals surface area contributed by atoms with Crippen LogP contribution in [0.5, 0.6) is 0 Å². The molecule has 0 saturated heterocycles. The van der Waals surface area contributed by atoms with Crippen molar-refractivity contribution in [2.24, 2.45) is 0 Å². The van der Waals surface area contributed by atoms with E-state index in [9.17, 15) is 33.6 Å². The van der Waals surface area contributed by atoms with Gasteiger partial charge in [0.15, 0.2) is 5.95 Å². The number of benzene rings is 4. The lowest BCUT2D eigenvalue weighted by atomic mass is 10.3. The summed E-state index contributed by atoms with van der Waals surface area (Å²) in [5, 5.41) is 9.08. The Morgan fingerprint density at radius 1 is 0.536 bits per heavy atom. The molecule has 23 heteroatoms. The Kier molecular flexibility index (Phi) is 13.9. The lowest BCUT2D eigenvalue weighted by Gasteiger charge is -2.03. The van der Waals surface area contributed by atoms with Gasteiger partial charge in [-0.15, -0.1) is 0 Å². The molecule has 0 aliphatic rings. The number of para-hydroxylation sites is 8. The molecule has 0 spiro atoms. The lowest BCUT2D eigenvalue weighted by molar-refractivity contribution is -0.135. The van der Waals surface area contributed by atoms with Gasteiger partial charge in [0.1, 0.15) is 11.4 Å². The van der Waals surface area contributed by atoms with Gasteiger partial charge in [0.25, 0.3) is 16.7 Å². The zero-order chi connectivity index (χ0) is 49.2. The number of nitrogens with zero attached hydrogens (tertiary/aromatic N) is 7. The van der Waals surface area contributed by atoms with Crippen LogP contribution >= 0.6 is 0 Å². The predicted molar refractivity (Wildman–Crippen MR) is 251 cm³/mol. The first-order valence-electron chi connectivity index (χ1n) is 20.0. The molecule has 4 aromatic carbocycles. The molecule has 0 unspecified atom stereocenters. The average Bonchev–Trinajstić information content (AvgIpc) is 4.13. The van der Waals surface area contributed by atoms with Gasteiger partial charge in [0.2, 0.25) is 17.3 Å². The first kappa shape index (κ1) is 46.6. The van der Waals surface area contributed by atoms with Crippen molar-refractivity contribution in [3.63, 3.8) is 0 Å². The Balaban J connectivity index is 0.000000130. The van der Waals surface area contributed by atoms with Crippen molar-refractivity contribution in [3.8, 4) is 11.8 Å². The number of rotatable bonds is 2. The van der Waals surface area contributed by atoms with Crippen LogP contribution in [0.1, 0.15) is 21.0 Å². The van der Waals surface area contributed by atoms with Gasteiger partial charge in [-0.1, -0.05) is 48.5 Å². The van der Waals surface area contributed by atoms with Gasteiger partial charge < -0.3 is 30.0 Å². The molecule has 23 nitrogen and oxygen atoms in total. The molecule has 69 heavy (non-hydrogen) atoms. The number of anilines is 1. The zero-order valence-electron chi connectivity index (χ0n) is 36.3. The minimum atomic E-state index is -1.16. The fourth-order valence-electron chi connectivity index (χ4n) is 6.54. The van der Waals surface area contributed by atoms with Crippen LogP contribution in [0.15, 0.2) is 136 Å². The zero-order valence-corrected chi connectivity index (χ0v) is 36.3. The number of nitrogen functional groups attached to an aromatic ring is 1. The summed E-state index contributed by atoms with van der Waals surface area (Å²) in [6, 6.07) is 33.6. The molecule has 11 rings (SSSR count). The van der Waals surface area contributed by atoms with E-state index in [0.717, 1.165) is 33.6 Å². The number of carbonyl (C=O) groups excluding carboxylic acids is 3. The monoisotopic (exact) mass is 932 g/mol. The smallest absolute Gasteiger partial charge is 0.384 e. The van der Waals surface area contributed by atoms with Gasteiger partial charge in [-0.25, -0.2) is 39.1 Å². The normalized spacial score (nSPS) is 10.4. The minimum Gasteiger partial charge on any atom is -0.477 e. The van der Waals surface area contributed by atoms with E-state index < -0.39 is 35.0 Å². The van der Waals surface area contributed by atoms with Crippen LogP contribution in [0.25, 0.3) is 61.5 Å². The topological polar surface area (TPSA) is 321 Å². The van der Waals surface area contributed by atoms with Crippen LogP contribution < -0.4 is 22.4 Å². The van der Waals surface area contributed by atoms with Crippen molar-refractivity contribution in [2.75, 3.05) is 27.1 Å². The number of aromatic carboxylic acids is 1. The average molecular weight is 933 g/mol. The fraction of sp³-hybridized carbons (Fsp3) is 0.0652. The Bertz CT molecular complexity index is 3930. The molecule has 7 N–H and O–H groups in total. The summed E-state index contributed by atoms with van der Waals surface area (Å²) < 4.78 is 17.8. The Labute approximate surface area is 384 Å². The number of hydrogen-bond donors (Lipinski definition) is 6. The summed E-state index contributed by atoms with van der Waals surface area (Å²) in [6.45, 7) is 0. The number of nitrogens with two attached hydrogens (primary N) is 1. The maximum absolute atomic E-state index is 11.7. The summed E-state index contributed by atoms with van der Waals surface area (Å²) in [4.78, 5) is 105. The number of carboxylic acid groups (broad SMARTS) is 1. The molecule has 7 aromatic heterocycles. The first-order chi connectivity index (χ1) is 33.3. The van der Waals surface area contributed by atoms with Crippen molar-refractivity contribution >= 4 is 91.3 Å². The highest BCUT2D eigenvalue weighted by atomic mass is 16.5. The van der Waals surface area contributed by atoms with Crippen LogP contribution in [0, 0.1) is 11.8 Å². The van der Waals surface area contributed by atoms with Crippen molar-refractivity contribution in [1.29, 1.82) is 0 Å². The van der Waals surface area contributed by atoms with Gasteiger partial charge in [-0.05, 0) is 48.5 Å². The summed E-state index contributed by atoms with van der Waals surface area (Å²) >= 11 is 0. The fourth-order valence-corrected chi connectivity index (χ4v) is 6.54. The molecule has 0 bridgehead atoms. The molecular weight excluding hydrogens is 897 g/mol. The predicted octanol–water partition coefficient (Wildman–Crippen LogP) is 3.49. The van der Waals surface area contributed by atoms with Gasteiger partial charge in [-0.2, -0.15) is 0 Å². The van der Waals surface area contributed by atoms with Crippen LogP contribution in [0.4, 0.5) is 5.95 Å². The van der Waals surface area contributed by atoms with Crippen LogP contribution in [0.3, 0.4) is 0 Å². The summed E-state index contributed by atoms with van der Waals surface area (Å²) in [6.07, 6.45) is 1.73. The number of methoxy groups -OCH3 is 3. The molecule has 0 aliphatic carbocycles. The molecule has 0 fully saturated rings. The molecule has 346 valence electrons. The van der Waals surface area contributed by atoms with Crippen molar-refractivity contribution in [1.82, 2.24) is 53.1 Å². The largest absolute Gasteiger partial charge is 0.477 e. The Morgan fingerprint density at radius 3 is 1.51 bits per heavy atom. The van der Waals surface area contributed by atoms with E-state index in [1.54, 1.807) is 34.9 Å². The number of esters is 3. The second kappa shape index (κ2) is 20.6. The molecule has 11 aromatic rings. The van der Waals surface area contributed by atoms with E-state index >= 15 is 0 Å². The van der Waals surface area contributed by atoms with Gasteiger partial charge in [0, 0.05) is 36.2 Å². The van der Waals surface area contributed by atoms with E-state index in [1.165, 1.54) is 37.9 Å². The molecule has 0 amide bonds. The third-order valence-electron chi connectivity index (χ3n) is 9.47. The van der Waals surface area contributed by atoms with Crippen LogP contribution in [-0.4, -0.2) is 103 Å². The van der Waals surface area contributed by atoms with Crippen molar-refractivity contribution in [3.05, 3.63) is 164 Å². The molecule has 0 radical (unpaired) electrons. The second-order valence-electron chi connectivity index (χ2n) is 13.8. The van der Waals surface area contributed by atoms with Gasteiger partial charge in [-0.3, -0.25) is 42.5 Å². The van der Waals surface area contributed by atoms with E-state index in [2.05, 4.69) is 54.1 Å². The number of hydrogen-bond acceptors (Lipinski definition) is 15. The number of carboxylic acids is 1. The summed E-state index contributed by atoms with van der Waals surface area (Å²) in [5.41, 5.74) is 11.0. The second-order valence-corrected chi connectivity index (χ2v) is 13.8. The highest BCUT2D eigenvalue weighted by Gasteiger charge is 2.16. The van der Waals surface area contributed by atoms with Crippen molar-refractivity contribution in [2.45, 2.75) is 0 Å². The van der Waals surface area contributed by atoms with E-state index in [1.807, 2.05) is 89.0 Å². The van der Waals surface area contributed by atoms with Crippen LogP contribution in [-0.2, 0) is 23.8 Å². The molecule has 0 saturated carbocycles. The number of aromatic amines is 4. The number of nitrogens with one attached hydrogen (secondary N) is 4. The number of aromatic nitrogens is 11. The minimum absolute atomic E-state index is 0.0996. The highest BCUT2D eigenvalue weighted by Crippen LogP contribution is 2.18. The van der Waals surface area contributed by atoms with E-state index in [-0.39, 0.29) is 22.7 Å². The summed E-state index contributed by atoms with van der Waals surface area (Å²) in [7, 11) is 3.62. The molecule has 0 aliphatic heterocycles. The van der Waals surface area contributed by atoms with E-state index in [4.69, 9.17) is 10.8 Å². The van der Waals surface area contributed by atoms with Gasteiger partial charge in [0.05, 0.1) is 65.5 Å². The van der Waals surface area contributed by atoms with Crippen molar-refractivity contribution < 1.29 is 38.5 Å². The maximum Gasteiger partial charge on any atom is 0.384 e. The maximum atomic E-state index is 11.7. The first-order valence-corrected chi connectivity index (χ1v) is 20.0. The third kappa shape index (κ3) is 10.6. The molecule has 7 heterocycles. The quantitative estimate of drug-likeness (QED) is 0.0625. The summed E-state index contributed by atoms with van der Waals surface area (Å²) in [5.74, 6) is 2.15. The Morgan fingerprint density at radius 2 is 0.986 bits per heavy atom. The molecular formula is C46H36N12O11. The third-order valence-corrected chi connectivity index (χ3v) is 9.47. The number of ether oxygens (including phenoxy) is 3.